The molecule has 0 bridgehead atoms. The molecule has 0 saturated heterocycles. The van der Waals surface area contributed by atoms with Gasteiger partial charge in [-0.15, -0.1) is 6.58 Å². The van der Waals surface area contributed by atoms with Crippen LogP contribution in [0.4, 0.5) is 0 Å². The van der Waals surface area contributed by atoms with Gasteiger partial charge in [-0.1, -0.05) is 42.0 Å². The Bertz CT molecular complexity index is 1220. The first-order valence-electron chi connectivity index (χ1n) is 10.4. The summed E-state index contributed by atoms with van der Waals surface area (Å²) in [5.41, 5.74) is 9.83. The van der Waals surface area contributed by atoms with Gasteiger partial charge in [0.25, 0.3) is 11.4 Å². The third-order valence-electron chi connectivity index (χ3n) is 5.48. The minimum atomic E-state index is 0.842. The number of aromatic nitrogens is 2. The van der Waals surface area contributed by atoms with Crippen LogP contribution in [0.1, 0.15) is 22.3 Å². The molecule has 0 saturated carbocycles. The number of pyridine rings is 2. The van der Waals surface area contributed by atoms with E-state index in [2.05, 4.69) is 122 Å². The largest absolute Gasteiger partial charge is 0.284 e. The van der Waals surface area contributed by atoms with Crippen molar-refractivity contribution in [3.63, 3.8) is 0 Å². The van der Waals surface area contributed by atoms with E-state index in [9.17, 15) is 0 Å². The predicted octanol–water partition coefficient (Wildman–Crippen LogP) is 5.56. The molecular weight excluding hydrogens is 364 g/mol. The average molecular weight is 393 g/mol. The number of rotatable bonds is 5. The summed E-state index contributed by atoms with van der Waals surface area (Å²) < 4.78 is 4.47. The summed E-state index contributed by atoms with van der Waals surface area (Å²) >= 11 is 0. The fourth-order valence-electron chi connectivity index (χ4n) is 3.98. The molecule has 4 aromatic rings. The van der Waals surface area contributed by atoms with E-state index >= 15 is 0 Å². The lowest BCUT2D eigenvalue weighted by molar-refractivity contribution is -1.29. The van der Waals surface area contributed by atoms with Crippen molar-refractivity contribution in [2.24, 2.45) is 0 Å². The lowest BCUT2D eigenvalue weighted by Gasteiger charge is -2.08. The van der Waals surface area contributed by atoms with Gasteiger partial charge in [-0.05, 0) is 62.1 Å². The third-order valence-corrected chi connectivity index (χ3v) is 5.48. The Kier molecular flexibility index (Phi) is 5.58. The van der Waals surface area contributed by atoms with Crippen LogP contribution in [0.15, 0.2) is 97.8 Å². The van der Waals surface area contributed by atoms with Gasteiger partial charge in [0.15, 0.2) is 0 Å². The van der Waals surface area contributed by atoms with Gasteiger partial charge in [0, 0.05) is 24.3 Å². The Morgan fingerprint density at radius 2 is 1.43 bits per heavy atom. The minimum Gasteiger partial charge on any atom is -0.103 e. The number of hydrogen-bond acceptors (Lipinski definition) is 0. The summed E-state index contributed by atoms with van der Waals surface area (Å²) in [5, 5.41) is 0. The maximum Gasteiger partial charge on any atom is 0.284 e. The molecule has 4 rings (SSSR count). The van der Waals surface area contributed by atoms with E-state index in [-0.39, 0.29) is 0 Å². The molecule has 2 heteroatoms. The van der Waals surface area contributed by atoms with Crippen molar-refractivity contribution in [2.75, 3.05) is 0 Å². The van der Waals surface area contributed by atoms with Crippen LogP contribution in [0.3, 0.4) is 0 Å². The average Bonchev–Trinajstić information content (AvgIpc) is 2.75. The molecule has 0 aliphatic carbocycles. The fraction of sp³-hybridized carbons (Fsp3) is 0.143. The highest BCUT2D eigenvalue weighted by molar-refractivity contribution is 5.63. The van der Waals surface area contributed by atoms with Crippen LogP contribution in [0.2, 0.25) is 0 Å². The van der Waals surface area contributed by atoms with E-state index < -0.39 is 0 Å². The van der Waals surface area contributed by atoms with Crippen molar-refractivity contribution in [3.05, 3.63) is 120 Å². The van der Waals surface area contributed by atoms with Crippen LogP contribution in [-0.2, 0) is 6.42 Å². The number of hydrogen-bond donors (Lipinski definition) is 0. The van der Waals surface area contributed by atoms with Gasteiger partial charge in [0.2, 0.25) is 12.4 Å². The minimum absolute atomic E-state index is 0.842. The lowest BCUT2D eigenvalue weighted by Crippen LogP contribution is -2.68. The molecule has 0 N–H and O–H groups in total. The lowest BCUT2D eigenvalue weighted by atomic mass is 9.98. The van der Waals surface area contributed by atoms with Crippen molar-refractivity contribution in [1.29, 1.82) is 0 Å². The zero-order valence-electron chi connectivity index (χ0n) is 18.0. The molecule has 0 atom stereocenters. The first-order valence-corrected chi connectivity index (χ1v) is 10.4. The second-order valence-electron chi connectivity index (χ2n) is 7.83. The summed E-state index contributed by atoms with van der Waals surface area (Å²) in [7, 11) is 0. The van der Waals surface area contributed by atoms with Crippen LogP contribution < -0.4 is 9.35 Å². The van der Waals surface area contributed by atoms with Crippen molar-refractivity contribution in [1.82, 2.24) is 0 Å². The maximum absolute atomic E-state index is 3.97. The maximum atomic E-state index is 3.97. The van der Waals surface area contributed by atoms with Crippen LogP contribution in [0.5, 0.6) is 0 Å². The zero-order valence-corrected chi connectivity index (χ0v) is 18.0. The van der Waals surface area contributed by atoms with Crippen LogP contribution >= 0.6 is 0 Å². The van der Waals surface area contributed by atoms with E-state index in [1.807, 2.05) is 6.08 Å². The van der Waals surface area contributed by atoms with Gasteiger partial charge < -0.3 is 0 Å². The Labute approximate surface area is 179 Å². The van der Waals surface area contributed by atoms with Crippen molar-refractivity contribution in [3.8, 4) is 22.5 Å². The Morgan fingerprint density at radius 3 is 2.23 bits per heavy atom. The normalized spacial score (nSPS) is 10.8. The predicted molar refractivity (Wildman–Crippen MR) is 123 cm³/mol. The topological polar surface area (TPSA) is 7.76 Å². The highest BCUT2D eigenvalue weighted by Gasteiger charge is 2.28. The second kappa shape index (κ2) is 8.46. The van der Waals surface area contributed by atoms with E-state index in [0.29, 0.717) is 0 Å². The van der Waals surface area contributed by atoms with Crippen LogP contribution in [-0.4, -0.2) is 0 Å². The summed E-state index contributed by atoms with van der Waals surface area (Å²) in [6, 6.07) is 26.0. The van der Waals surface area contributed by atoms with Gasteiger partial charge in [-0.25, -0.2) is 0 Å². The molecule has 148 valence electrons. The molecule has 2 aromatic carbocycles. The number of aryl methyl sites for hydroxylation is 3. The number of allylic oxidation sites excluding steroid dienone is 1. The summed E-state index contributed by atoms with van der Waals surface area (Å²) in [5.74, 6) is 0. The fourth-order valence-corrected chi connectivity index (χ4v) is 3.98. The molecule has 0 aliphatic heterocycles. The molecule has 0 radical (unpaired) electrons. The van der Waals surface area contributed by atoms with E-state index in [1.165, 1.54) is 33.4 Å². The van der Waals surface area contributed by atoms with E-state index in [4.69, 9.17) is 0 Å². The Balaban J connectivity index is 1.99. The monoisotopic (exact) mass is 392 g/mol. The van der Waals surface area contributed by atoms with Gasteiger partial charge in [0.1, 0.15) is 0 Å². The van der Waals surface area contributed by atoms with Gasteiger partial charge in [0.05, 0.1) is 20.5 Å². The Hall–Kier alpha value is -3.52. The zero-order chi connectivity index (χ0) is 21.1. The van der Waals surface area contributed by atoms with Crippen molar-refractivity contribution >= 4 is 0 Å². The van der Waals surface area contributed by atoms with Gasteiger partial charge in [-0.2, -0.15) is 0 Å². The molecule has 2 aromatic heterocycles. The standard InChI is InChI=1S/C28H28N2/c1-5-10-24-19-21(2)14-15-26(24)28-20-22(3)16-18-30(28)29-17-9-8-13-27(29)25-12-7-6-11-23(25)4/h5-9,11-20H,1,10H2,2-4H3/q+2. The molecule has 2 nitrogen and oxygen atoms in total. The van der Waals surface area contributed by atoms with E-state index in [0.717, 1.165) is 17.8 Å². The van der Waals surface area contributed by atoms with E-state index in [1.54, 1.807) is 0 Å². The molecule has 0 amide bonds. The Morgan fingerprint density at radius 1 is 0.700 bits per heavy atom. The first kappa shape index (κ1) is 19.8. The summed E-state index contributed by atoms with van der Waals surface area (Å²) in [6.07, 6.45) is 7.11. The third kappa shape index (κ3) is 3.81. The van der Waals surface area contributed by atoms with Crippen LogP contribution in [0.25, 0.3) is 22.5 Å². The molecule has 2 heterocycles. The van der Waals surface area contributed by atoms with Gasteiger partial charge in [-0.3, -0.25) is 0 Å². The molecule has 0 spiro atoms. The SMILES string of the molecule is C=CCc1cc(C)ccc1-c1cc(C)cc[n+]1-[n+]1ccccc1-c1ccccc1C. The molecule has 0 fully saturated rings. The quantitative estimate of drug-likeness (QED) is 0.310. The first-order chi connectivity index (χ1) is 14.6. The van der Waals surface area contributed by atoms with Crippen molar-refractivity contribution < 1.29 is 9.35 Å². The highest BCUT2D eigenvalue weighted by atomic mass is 15.4. The molecular formula is C28H28N2+2. The molecule has 0 aliphatic rings. The number of nitrogens with zero attached hydrogens (tertiary/aromatic N) is 2. The second-order valence-corrected chi connectivity index (χ2v) is 7.83. The molecule has 30 heavy (non-hydrogen) atoms. The van der Waals surface area contributed by atoms with Crippen molar-refractivity contribution in [2.45, 2.75) is 27.2 Å². The summed E-state index contributed by atoms with van der Waals surface area (Å²) in [6.45, 7) is 10.4. The molecule has 0 unspecified atom stereocenters. The summed E-state index contributed by atoms with van der Waals surface area (Å²) in [4.78, 5) is 0. The smallest absolute Gasteiger partial charge is 0.103 e. The number of benzene rings is 2. The van der Waals surface area contributed by atoms with Gasteiger partial charge >= 0.3 is 0 Å². The highest BCUT2D eigenvalue weighted by Crippen LogP contribution is 2.24. The van der Waals surface area contributed by atoms with Crippen LogP contribution in [0, 0.1) is 20.8 Å².